The molecule has 1 N–H and O–H groups in total. The lowest BCUT2D eigenvalue weighted by Crippen LogP contribution is -2.26. The highest BCUT2D eigenvalue weighted by Gasteiger charge is 2.13. The minimum absolute atomic E-state index is 0.174. The molecule has 0 aliphatic rings. The van der Waals surface area contributed by atoms with E-state index in [4.69, 9.17) is 0 Å². The van der Waals surface area contributed by atoms with Crippen molar-refractivity contribution in [1.29, 1.82) is 0 Å². The van der Waals surface area contributed by atoms with Gasteiger partial charge >= 0.3 is 0 Å². The van der Waals surface area contributed by atoms with Crippen LogP contribution in [0.1, 0.15) is 20.2 Å². The molecule has 0 fully saturated rings. The summed E-state index contributed by atoms with van der Waals surface area (Å²) in [5.41, 5.74) is 0.116. The molecule has 2 aromatic rings. The summed E-state index contributed by atoms with van der Waals surface area (Å²) in [6.07, 6.45) is 3.24. The highest BCUT2D eigenvalue weighted by atomic mass is 32.1. The number of nitrogens with one attached hydrogen (secondary N) is 1. The molecule has 0 spiro atoms. The van der Waals surface area contributed by atoms with E-state index >= 15 is 0 Å². The van der Waals surface area contributed by atoms with Crippen LogP contribution >= 0.6 is 11.3 Å². The lowest BCUT2D eigenvalue weighted by Gasteiger charge is -2.15. The number of aromatic amines is 1. The van der Waals surface area contributed by atoms with E-state index in [1.807, 2.05) is 6.92 Å². The minimum atomic E-state index is -0.275. The molecule has 1 amide bonds. The smallest absolute Gasteiger partial charge is 0.254 e. The van der Waals surface area contributed by atoms with Gasteiger partial charge in [-0.05, 0) is 13.0 Å². The highest BCUT2D eigenvalue weighted by Crippen LogP contribution is 2.14. The Morgan fingerprint density at radius 3 is 2.94 bits per heavy atom. The molecular weight excluding hydrogens is 250 g/mol. The summed E-state index contributed by atoms with van der Waals surface area (Å²) < 4.78 is 0. The van der Waals surface area contributed by atoms with Gasteiger partial charge < -0.3 is 9.88 Å². The summed E-state index contributed by atoms with van der Waals surface area (Å²) in [4.78, 5) is 32.4. The quantitative estimate of drug-likeness (QED) is 0.910. The Morgan fingerprint density at radius 1 is 1.56 bits per heavy atom. The first-order valence-electron chi connectivity index (χ1n) is 5.42. The van der Waals surface area contributed by atoms with Crippen LogP contribution in [0.25, 0.3) is 0 Å². The maximum absolute atomic E-state index is 12.1. The molecule has 0 aromatic carbocycles. The Balaban J connectivity index is 2.11. The molecule has 0 aliphatic heterocycles. The van der Waals surface area contributed by atoms with Crippen molar-refractivity contribution in [3.63, 3.8) is 0 Å². The number of rotatable bonds is 3. The van der Waals surface area contributed by atoms with Crippen molar-refractivity contribution in [3.8, 4) is 0 Å². The van der Waals surface area contributed by atoms with Crippen molar-refractivity contribution in [2.24, 2.45) is 0 Å². The highest BCUT2D eigenvalue weighted by molar-refractivity contribution is 7.11. The number of nitrogens with zero attached hydrogens (tertiary/aromatic N) is 2. The van der Waals surface area contributed by atoms with Crippen LogP contribution in [0, 0.1) is 6.92 Å². The number of hydrogen-bond acceptors (Lipinski definition) is 4. The third-order valence-corrected chi connectivity index (χ3v) is 3.33. The van der Waals surface area contributed by atoms with Crippen molar-refractivity contribution >= 4 is 17.2 Å². The predicted octanol–water partition coefficient (Wildman–Crippen LogP) is 1.41. The fourth-order valence-corrected chi connectivity index (χ4v) is 2.43. The molecule has 2 aromatic heterocycles. The zero-order chi connectivity index (χ0) is 13.1. The molecule has 0 saturated heterocycles. The molecule has 0 unspecified atom stereocenters. The zero-order valence-electron chi connectivity index (χ0n) is 10.1. The van der Waals surface area contributed by atoms with Crippen LogP contribution in [0.15, 0.2) is 29.3 Å². The standard InChI is InChI=1S/C12H13N3O2S/c1-8-14-6-10(18-8)7-15(2)12(17)9-3-4-13-11(16)5-9/h3-6H,7H2,1-2H3,(H,13,16). The molecule has 6 heteroatoms. The van der Waals surface area contributed by atoms with E-state index in [-0.39, 0.29) is 11.5 Å². The molecular formula is C12H13N3O2S. The topological polar surface area (TPSA) is 66.1 Å². The summed E-state index contributed by atoms with van der Waals surface area (Å²) in [6, 6.07) is 2.90. The van der Waals surface area contributed by atoms with Crippen LogP contribution in [-0.2, 0) is 6.54 Å². The fourth-order valence-electron chi connectivity index (χ4n) is 1.58. The Morgan fingerprint density at radius 2 is 2.33 bits per heavy atom. The molecule has 0 saturated carbocycles. The van der Waals surface area contributed by atoms with Gasteiger partial charge in [0.1, 0.15) is 0 Å². The van der Waals surface area contributed by atoms with Gasteiger partial charge in [-0.1, -0.05) is 0 Å². The summed E-state index contributed by atoms with van der Waals surface area (Å²) in [6.45, 7) is 2.42. The number of carbonyl (C=O) groups is 1. The monoisotopic (exact) mass is 263 g/mol. The fraction of sp³-hybridized carbons (Fsp3) is 0.250. The first-order chi connectivity index (χ1) is 8.56. The largest absolute Gasteiger partial charge is 0.337 e. The van der Waals surface area contributed by atoms with Crippen LogP contribution in [0.3, 0.4) is 0 Å². The molecule has 0 bridgehead atoms. The van der Waals surface area contributed by atoms with Gasteiger partial charge in [0.25, 0.3) is 5.91 Å². The van der Waals surface area contributed by atoms with Gasteiger partial charge in [-0.2, -0.15) is 0 Å². The van der Waals surface area contributed by atoms with Crippen LogP contribution in [-0.4, -0.2) is 27.8 Å². The average molecular weight is 263 g/mol. The zero-order valence-corrected chi connectivity index (χ0v) is 11.0. The summed E-state index contributed by atoms with van der Waals surface area (Å²) >= 11 is 1.56. The molecule has 0 radical (unpaired) electrons. The second-order valence-electron chi connectivity index (χ2n) is 3.95. The van der Waals surface area contributed by atoms with Gasteiger partial charge in [-0.25, -0.2) is 4.98 Å². The third kappa shape index (κ3) is 2.84. The summed E-state index contributed by atoms with van der Waals surface area (Å²) in [5.74, 6) is -0.174. The Kier molecular flexibility index (Phi) is 3.57. The molecule has 0 atom stereocenters. The van der Waals surface area contributed by atoms with Gasteiger partial charge in [-0.15, -0.1) is 11.3 Å². The van der Waals surface area contributed by atoms with Gasteiger partial charge in [0.05, 0.1) is 11.6 Å². The van der Waals surface area contributed by atoms with E-state index in [1.54, 1.807) is 35.5 Å². The molecule has 2 rings (SSSR count). The maximum Gasteiger partial charge on any atom is 0.254 e. The van der Waals surface area contributed by atoms with Crippen molar-refractivity contribution in [2.75, 3.05) is 7.05 Å². The van der Waals surface area contributed by atoms with Crippen molar-refractivity contribution in [3.05, 3.63) is 50.3 Å². The SMILES string of the molecule is Cc1ncc(CN(C)C(=O)c2cc[nH]c(=O)c2)s1. The van der Waals surface area contributed by atoms with E-state index in [9.17, 15) is 9.59 Å². The second kappa shape index (κ2) is 5.14. The number of aryl methyl sites for hydroxylation is 1. The van der Waals surface area contributed by atoms with Crippen LogP contribution in [0.4, 0.5) is 0 Å². The normalized spacial score (nSPS) is 10.3. The maximum atomic E-state index is 12.1. The van der Waals surface area contributed by atoms with E-state index in [1.165, 1.54) is 12.3 Å². The summed E-state index contributed by atoms with van der Waals surface area (Å²) in [7, 11) is 1.71. The number of thiazole rings is 1. The number of hydrogen-bond donors (Lipinski definition) is 1. The summed E-state index contributed by atoms with van der Waals surface area (Å²) in [5, 5.41) is 0.974. The molecule has 0 aliphatic carbocycles. The number of pyridine rings is 1. The van der Waals surface area contributed by atoms with Crippen molar-refractivity contribution < 1.29 is 4.79 Å². The van der Waals surface area contributed by atoms with Gasteiger partial charge in [0.15, 0.2) is 0 Å². The average Bonchev–Trinajstić information content (AvgIpc) is 2.73. The van der Waals surface area contributed by atoms with Crippen LogP contribution < -0.4 is 5.56 Å². The first kappa shape index (κ1) is 12.5. The number of H-pyrrole nitrogens is 1. The molecule has 18 heavy (non-hydrogen) atoms. The lowest BCUT2D eigenvalue weighted by atomic mass is 10.2. The Labute approximate surface area is 108 Å². The van der Waals surface area contributed by atoms with Gasteiger partial charge in [-0.3, -0.25) is 9.59 Å². The molecule has 5 nitrogen and oxygen atoms in total. The van der Waals surface area contributed by atoms with E-state index in [0.717, 1.165) is 9.88 Å². The van der Waals surface area contributed by atoms with Crippen molar-refractivity contribution in [2.45, 2.75) is 13.5 Å². The van der Waals surface area contributed by atoms with Gasteiger partial charge in [0.2, 0.25) is 5.56 Å². The number of carbonyl (C=O) groups excluding carboxylic acids is 1. The second-order valence-corrected chi connectivity index (χ2v) is 5.27. The predicted molar refractivity (Wildman–Crippen MR) is 69.7 cm³/mol. The molecule has 2 heterocycles. The van der Waals surface area contributed by atoms with Crippen molar-refractivity contribution in [1.82, 2.24) is 14.9 Å². The van der Waals surface area contributed by atoms with E-state index in [0.29, 0.717) is 12.1 Å². The third-order valence-electron chi connectivity index (χ3n) is 2.43. The first-order valence-corrected chi connectivity index (χ1v) is 6.23. The van der Waals surface area contributed by atoms with Crippen LogP contribution in [0.5, 0.6) is 0 Å². The number of aromatic nitrogens is 2. The van der Waals surface area contributed by atoms with Gasteiger partial charge in [0, 0.05) is 35.9 Å². The Hall–Kier alpha value is -1.95. The van der Waals surface area contributed by atoms with Crippen LogP contribution in [0.2, 0.25) is 0 Å². The number of amides is 1. The van der Waals surface area contributed by atoms with E-state index < -0.39 is 0 Å². The Bertz CT molecular complexity index is 618. The lowest BCUT2D eigenvalue weighted by molar-refractivity contribution is 0.0786. The van der Waals surface area contributed by atoms with E-state index in [2.05, 4.69) is 9.97 Å². The minimum Gasteiger partial charge on any atom is -0.337 e. The molecule has 94 valence electrons.